The first-order chi connectivity index (χ1) is 20.2. The van der Waals surface area contributed by atoms with E-state index >= 15 is 0 Å². The number of nitrogens with two attached hydrogens (primary N) is 1. The molecule has 0 bridgehead atoms. The van der Waals surface area contributed by atoms with Gasteiger partial charge in [0.15, 0.2) is 30.0 Å². The Kier molecular flexibility index (Phi) is 10.2. The SMILES string of the molecule is CC.CCNC(=O)[C@H]1O[C@@H](n2cnc3c(N)nc(C#CCC4CCN(C(=O)OC5CCC(=O)N5)CC4)nc32)[C@@H](O)C1O. The summed E-state index contributed by atoms with van der Waals surface area (Å²) in [6.45, 7) is 7.15. The van der Waals surface area contributed by atoms with Crippen molar-refractivity contribution in [2.24, 2.45) is 5.92 Å². The highest BCUT2D eigenvalue weighted by molar-refractivity contribution is 5.83. The van der Waals surface area contributed by atoms with Gasteiger partial charge in [0.05, 0.1) is 6.33 Å². The molecule has 2 aromatic rings. The Balaban J connectivity index is 0.00000198. The molecule has 0 aliphatic carbocycles. The molecule has 0 spiro atoms. The lowest BCUT2D eigenvalue weighted by atomic mass is 9.94. The molecule has 3 amide bonds. The van der Waals surface area contributed by atoms with Gasteiger partial charge < -0.3 is 41.0 Å². The molecule has 5 heterocycles. The summed E-state index contributed by atoms with van der Waals surface area (Å²) in [6, 6.07) is 0. The molecule has 6 N–H and O–H groups in total. The normalized spacial score (nSPS) is 25.7. The highest BCUT2D eigenvalue weighted by Gasteiger charge is 2.47. The van der Waals surface area contributed by atoms with Crippen molar-refractivity contribution >= 4 is 34.9 Å². The molecule has 228 valence electrons. The number of carbonyl (C=O) groups is 3. The summed E-state index contributed by atoms with van der Waals surface area (Å²) in [5.41, 5.74) is 6.60. The standard InChI is InChI=1S/C25H32N8O7.C2H6/c1-2-27-23(37)20-18(35)19(36)24(40-20)33-12-28-17-21(26)29-14(30-22(17)33)5-3-4-13-8-10-32(11-9-13)25(38)39-16-7-6-15(34)31-16;1-2/h12-13,16,18-20,24,35-36H,2,4,6-11H2,1H3,(H,27,37)(H,31,34)(H2,26,29,30);1-2H3/t16?,18?,19-,20-,24+;/m0./s1. The lowest BCUT2D eigenvalue weighted by Crippen LogP contribution is -2.42. The number of aliphatic hydroxyl groups excluding tert-OH is 2. The lowest BCUT2D eigenvalue weighted by Gasteiger charge is -2.31. The number of hydrogen-bond donors (Lipinski definition) is 5. The maximum Gasteiger partial charge on any atom is 0.411 e. The molecular formula is C27H38N8O7. The van der Waals surface area contributed by atoms with E-state index < -0.39 is 42.8 Å². The average molecular weight is 587 g/mol. The Bertz CT molecular complexity index is 1350. The summed E-state index contributed by atoms with van der Waals surface area (Å²) in [4.78, 5) is 50.4. The fourth-order valence-electron chi connectivity index (χ4n) is 5.03. The van der Waals surface area contributed by atoms with Crippen LogP contribution < -0.4 is 16.4 Å². The van der Waals surface area contributed by atoms with Crippen LogP contribution in [0.1, 0.15) is 64.9 Å². The van der Waals surface area contributed by atoms with Crippen LogP contribution in [0, 0.1) is 17.8 Å². The summed E-state index contributed by atoms with van der Waals surface area (Å²) in [5, 5.41) is 26.1. The van der Waals surface area contributed by atoms with Crippen molar-refractivity contribution in [1.29, 1.82) is 0 Å². The first-order valence-corrected chi connectivity index (χ1v) is 14.3. The second-order valence-corrected chi connectivity index (χ2v) is 9.99. The summed E-state index contributed by atoms with van der Waals surface area (Å²) in [6.07, 6.45) is -1.93. The van der Waals surface area contributed by atoms with Crippen LogP contribution in [-0.2, 0) is 19.1 Å². The van der Waals surface area contributed by atoms with E-state index in [2.05, 4.69) is 37.4 Å². The molecule has 2 unspecified atom stereocenters. The van der Waals surface area contributed by atoms with Crippen molar-refractivity contribution in [1.82, 2.24) is 35.1 Å². The molecule has 0 saturated carbocycles. The van der Waals surface area contributed by atoms with Crippen LogP contribution in [0.2, 0.25) is 0 Å². The second-order valence-electron chi connectivity index (χ2n) is 9.99. The van der Waals surface area contributed by atoms with Gasteiger partial charge in [0, 0.05) is 38.9 Å². The zero-order valence-electron chi connectivity index (χ0n) is 23.9. The van der Waals surface area contributed by atoms with Crippen molar-refractivity contribution in [3.8, 4) is 11.8 Å². The second kappa shape index (κ2) is 13.8. The number of aromatic nitrogens is 4. The van der Waals surface area contributed by atoms with Crippen LogP contribution in [-0.4, -0.2) is 96.7 Å². The average Bonchev–Trinajstić information content (AvgIpc) is 3.68. The third-order valence-corrected chi connectivity index (χ3v) is 7.23. The van der Waals surface area contributed by atoms with Gasteiger partial charge in [0.25, 0.3) is 5.91 Å². The van der Waals surface area contributed by atoms with E-state index in [1.165, 1.54) is 10.9 Å². The van der Waals surface area contributed by atoms with Crippen molar-refractivity contribution < 1.29 is 34.1 Å². The van der Waals surface area contributed by atoms with Crippen LogP contribution in [0.15, 0.2) is 6.33 Å². The molecule has 3 aliphatic heterocycles. The summed E-state index contributed by atoms with van der Waals surface area (Å²) in [5.74, 6) is 5.88. The molecule has 0 aromatic carbocycles. The van der Waals surface area contributed by atoms with E-state index in [1.807, 2.05) is 13.8 Å². The molecule has 15 heteroatoms. The van der Waals surface area contributed by atoms with Crippen molar-refractivity contribution in [2.75, 3.05) is 25.4 Å². The molecule has 15 nitrogen and oxygen atoms in total. The number of piperidine rings is 1. The fraction of sp³-hybridized carbons (Fsp3) is 0.630. The predicted molar refractivity (Wildman–Crippen MR) is 149 cm³/mol. The fourth-order valence-corrected chi connectivity index (χ4v) is 5.03. The maximum absolute atomic E-state index is 12.4. The van der Waals surface area contributed by atoms with Gasteiger partial charge in [-0.2, -0.15) is 0 Å². The number of hydrogen-bond acceptors (Lipinski definition) is 11. The van der Waals surface area contributed by atoms with Crippen LogP contribution in [0.5, 0.6) is 0 Å². The first kappa shape index (κ1) is 30.9. The monoisotopic (exact) mass is 586 g/mol. The van der Waals surface area contributed by atoms with E-state index in [4.69, 9.17) is 15.2 Å². The van der Waals surface area contributed by atoms with Crippen molar-refractivity contribution in [2.45, 2.75) is 83.6 Å². The molecule has 3 aliphatic rings. The highest BCUT2D eigenvalue weighted by Crippen LogP contribution is 2.32. The topological polar surface area (TPSA) is 207 Å². The smallest absolute Gasteiger partial charge is 0.411 e. The maximum atomic E-state index is 12.4. The molecule has 42 heavy (non-hydrogen) atoms. The summed E-state index contributed by atoms with van der Waals surface area (Å²) in [7, 11) is 0. The number of amides is 3. The van der Waals surface area contributed by atoms with E-state index in [-0.39, 0.29) is 34.6 Å². The number of nitrogens with zero attached hydrogens (tertiary/aromatic N) is 5. The molecule has 2 aromatic heterocycles. The Morgan fingerprint density at radius 1 is 1.21 bits per heavy atom. The van der Waals surface area contributed by atoms with Gasteiger partial charge in [-0.25, -0.2) is 19.7 Å². The van der Waals surface area contributed by atoms with Gasteiger partial charge in [-0.1, -0.05) is 19.8 Å². The molecule has 3 fully saturated rings. The number of carbonyl (C=O) groups excluding carboxylic acids is 3. The number of nitrogen functional groups attached to an aromatic ring is 1. The third kappa shape index (κ3) is 6.72. The number of rotatable bonds is 5. The zero-order chi connectivity index (χ0) is 30.4. The van der Waals surface area contributed by atoms with Gasteiger partial charge in [-0.3, -0.25) is 14.2 Å². The number of likely N-dealkylation sites (N-methyl/N-ethyl adjacent to an activating group) is 1. The van der Waals surface area contributed by atoms with E-state index in [1.54, 1.807) is 11.8 Å². The van der Waals surface area contributed by atoms with Crippen molar-refractivity contribution in [3.63, 3.8) is 0 Å². The van der Waals surface area contributed by atoms with E-state index in [9.17, 15) is 24.6 Å². The number of ether oxygens (including phenoxy) is 2. The minimum absolute atomic E-state index is 0.0895. The predicted octanol–water partition coefficient (Wildman–Crippen LogP) is 0.0163. The van der Waals surface area contributed by atoms with Crippen LogP contribution in [0.3, 0.4) is 0 Å². The number of nitrogens with one attached hydrogen (secondary N) is 2. The first-order valence-electron chi connectivity index (χ1n) is 14.3. The van der Waals surface area contributed by atoms with E-state index in [0.29, 0.717) is 38.9 Å². The minimum Gasteiger partial charge on any atom is -0.425 e. The van der Waals surface area contributed by atoms with E-state index in [0.717, 1.165) is 12.8 Å². The molecule has 3 saturated heterocycles. The zero-order valence-corrected chi connectivity index (χ0v) is 23.9. The Labute approximate surface area is 243 Å². The number of imidazole rings is 1. The molecular weight excluding hydrogens is 548 g/mol. The Morgan fingerprint density at radius 2 is 1.95 bits per heavy atom. The molecule has 0 radical (unpaired) electrons. The number of likely N-dealkylation sites (tertiary alicyclic amines) is 1. The van der Waals surface area contributed by atoms with Crippen LogP contribution in [0.25, 0.3) is 11.2 Å². The summed E-state index contributed by atoms with van der Waals surface area (Å²) < 4.78 is 12.4. The quantitative estimate of drug-likeness (QED) is 0.295. The lowest BCUT2D eigenvalue weighted by molar-refractivity contribution is -0.137. The number of fused-ring (bicyclic) bond motifs is 1. The Hall–Kier alpha value is -4.00. The minimum atomic E-state index is -1.44. The number of aliphatic hydroxyl groups is 2. The largest absolute Gasteiger partial charge is 0.425 e. The van der Waals surface area contributed by atoms with Gasteiger partial charge in [0.1, 0.15) is 17.7 Å². The van der Waals surface area contributed by atoms with Gasteiger partial charge >= 0.3 is 6.09 Å². The molecule has 5 rings (SSSR count). The van der Waals surface area contributed by atoms with Gasteiger partial charge in [-0.05, 0) is 31.6 Å². The molecule has 5 atom stereocenters. The van der Waals surface area contributed by atoms with Crippen LogP contribution in [0.4, 0.5) is 10.6 Å². The van der Waals surface area contributed by atoms with Gasteiger partial charge in [-0.15, -0.1) is 0 Å². The van der Waals surface area contributed by atoms with Gasteiger partial charge in [0.2, 0.25) is 11.7 Å². The highest BCUT2D eigenvalue weighted by atomic mass is 16.6. The number of anilines is 1. The van der Waals surface area contributed by atoms with Crippen molar-refractivity contribution in [3.05, 3.63) is 12.2 Å². The third-order valence-electron chi connectivity index (χ3n) is 7.23. The van der Waals surface area contributed by atoms with Crippen LogP contribution >= 0.6 is 0 Å². The Morgan fingerprint density at radius 3 is 2.62 bits per heavy atom. The summed E-state index contributed by atoms with van der Waals surface area (Å²) >= 11 is 0.